The number of carbonyl (C=O) groups excluding carboxylic acids is 1. The van der Waals surface area contributed by atoms with Crippen LogP contribution in [0.2, 0.25) is 0 Å². The van der Waals surface area contributed by atoms with Crippen LogP contribution in [0.4, 0.5) is 5.69 Å². The molecule has 110 valence electrons. The number of hydrogen-bond donors (Lipinski definition) is 1. The van der Waals surface area contributed by atoms with Gasteiger partial charge in [0.1, 0.15) is 0 Å². The Morgan fingerprint density at radius 3 is 2.52 bits per heavy atom. The fraction of sp³-hybridized carbons (Fsp3) is 0.312. The lowest BCUT2D eigenvalue weighted by Crippen LogP contribution is -2.31. The van der Waals surface area contributed by atoms with Crippen molar-refractivity contribution in [3.63, 3.8) is 0 Å². The number of rotatable bonds is 6. The zero-order valence-corrected chi connectivity index (χ0v) is 12.4. The van der Waals surface area contributed by atoms with Crippen LogP contribution in [0.1, 0.15) is 29.8 Å². The highest BCUT2D eigenvalue weighted by Crippen LogP contribution is 2.17. The topological polar surface area (TPSA) is 58.1 Å². The van der Waals surface area contributed by atoms with Crippen molar-refractivity contribution in [1.29, 1.82) is 0 Å². The average molecular weight is 284 g/mol. The predicted molar refractivity (Wildman–Crippen MR) is 83.1 cm³/mol. The number of nitrogens with one attached hydrogen (secondary N) is 1. The molecule has 0 radical (unpaired) electrons. The normalized spacial score (nSPS) is 10.2. The van der Waals surface area contributed by atoms with Crippen LogP contribution in [0.5, 0.6) is 0 Å². The van der Waals surface area contributed by atoms with Crippen molar-refractivity contribution in [2.24, 2.45) is 0 Å². The summed E-state index contributed by atoms with van der Waals surface area (Å²) in [5, 5.41) is 3.20. The average Bonchev–Trinajstić information content (AvgIpc) is 2.54. The Labute approximate surface area is 125 Å². The van der Waals surface area contributed by atoms with E-state index < -0.39 is 0 Å². The molecule has 21 heavy (non-hydrogen) atoms. The molecule has 5 nitrogen and oxygen atoms in total. The molecule has 0 aliphatic rings. The minimum absolute atomic E-state index is 0.0154. The second kappa shape index (κ2) is 7.38. The van der Waals surface area contributed by atoms with Gasteiger partial charge < -0.3 is 10.2 Å². The SMILES string of the molecule is CCNc1ccncc1C(=O)N(CC)Cc1ccncc1. The van der Waals surface area contributed by atoms with Crippen LogP contribution in [0.25, 0.3) is 0 Å². The predicted octanol–water partition coefficient (Wildman–Crippen LogP) is 2.57. The first-order valence-electron chi connectivity index (χ1n) is 7.12. The summed E-state index contributed by atoms with van der Waals surface area (Å²) in [6, 6.07) is 5.67. The Morgan fingerprint density at radius 2 is 1.86 bits per heavy atom. The van der Waals surface area contributed by atoms with E-state index in [1.807, 2.05) is 32.0 Å². The smallest absolute Gasteiger partial charge is 0.257 e. The van der Waals surface area contributed by atoms with Crippen LogP contribution in [0.15, 0.2) is 43.0 Å². The summed E-state index contributed by atoms with van der Waals surface area (Å²) in [5.74, 6) is -0.0154. The van der Waals surface area contributed by atoms with Gasteiger partial charge in [0.25, 0.3) is 5.91 Å². The van der Waals surface area contributed by atoms with Gasteiger partial charge in [-0.2, -0.15) is 0 Å². The minimum Gasteiger partial charge on any atom is -0.385 e. The first-order chi connectivity index (χ1) is 10.3. The molecular weight excluding hydrogens is 264 g/mol. The van der Waals surface area contributed by atoms with E-state index in [9.17, 15) is 4.79 Å². The minimum atomic E-state index is -0.0154. The second-order valence-corrected chi connectivity index (χ2v) is 4.63. The molecule has 2 heterocycles. The lowest BCUT2D eigenvalue weighted by atomic mass is 10.1. The summed E-state index contributed by atoms with van der Waals surface area (Å²) in [6.45, 7) is 5.95. The highest BCUT2D eigenvalue weighted by molar-refractivity contribution is 5.99. The van der Waals surface area contributed by atoms with E-state index in [1.54, 1.807) is 29.7 Å². The van der Waals surface area contributed by atoms with Crippen molar-refractivity contribution in [3.8, 4) is 0 Å². The van der Waals surface area contributed by atoms with Gasteiger partial charge in [0.15, 0.2) is 0 Å². The van der Waals surface area contributed by atoms with E-state index in [4.69, 9.17) is 0 Å². The molecule has 0 fully saturated rings. The summed E-state index contributed by atoms with van der Waals surface area (Å²) in [6.07, 6.45) is 6.78. The lowest BCUT2D eigenvalue weighted by Gasteiger charge is -2.22. The molecule has 0 saturated carbocycles. The van der Waals surface area contributed by atoms with Gasteiger partial charge in [0.05, 0.1) is 11.3 Å². The molecule has 5 heteroatoms. The Kier molecular flexibility index (Phi) is 5.26. The van der Waals surface area contributed by atoms with E-state index in [0.29, 0.717) is 18.7 Å². The molecule has 0 aliphatic carbocycles. The van der Waals surface area contributed by atoms with Crippen molar-refractivity contribution >= 4 is 11.6 Å². The molecule has 0 saturated heterocycles. The molecule has 0 spiro atoms. The third kappa shape index (κ3) is 3.78. The zero-order chi connectivity index (χ0) is 15.1. The lowest BCUT2D eigenvalue weighted by molar-refractivity contribution is 0.0753. The van der Waals surface area contributed by atoms with Gasteiger partial charge in [0.2, 0.25) is 0 Å². The van der Waals surface area contributed by atoms with Crippen LogP contribution in [0.3, 0.4) is 0 Å². The fourth-order valence-corrected chi connectivity index (χ4v) is 2.12. The maximum atomic E-state index is 12.7. The van der Waals surface area contributed by atoms with Crippen LogP contribution in [-0.2, 0) is 6.54 Å². The summed E-state index contributed by atoms with van der Waals surface area (Å²) in [4.78, 5) is 22.6. The maximum absolute atomic E-state index is 12.7. The van der Waals surface area contributed by atoms with Gasteiger partial charge in [-0.05, 0) is 37.6 Å². The fourth-order valence-electron chi connectivity index (χ4n) is 2.12. The van der Waals surface area contributed by atoms with Crippen LogP contribution < -0.4 is 5.32 Å². The Bertz CT molecular complexity index is 586. The van der Waals surface area contributed by atoms with Crippen LogP contribution >= 0.6 is 0 Å². The second-order valence-electron chi connectivity index (χ2n) is 4.63. The molecule has 0 aliphatic heterocycles. The third-order valence-electron chi connectivity index (χ3n) is 3.21. The molecule has 1 amide bonds. The van der Waals surface area contributed by atoms with Gasteiger partial charge in [-0.1, -0.05) is 0 Å². The summed E-state index contributed by atoms with van der Waals surface area (Å²) in [5.41, 5.74) is 2.50. The van der Waals surface area contributed by atoms with Crippen LogP contribution in [-0.4, -0.2) is 33.9 Å². The molecule has 0 aromatic carbocycles. The van der Waals surface area contributed by atoms with E-state index in [1.165, 1.54) is 0 Å². The van der Waals surface area contributed by atoms with E-state index >= 15 is 0 Å². The van der Waals surface area contributed by atoms with Crippen molar-refractivity contribution in [1.82, 2.24) is 14.9 Å². The molecule has 2 aromatic heterocycles. The number of carbonyl (C=O) groups is 1. The van der Waals surface area contributed by atoms with E-state index in [2.05, 4.69) is 15.3 Å². The quantitative estimate of drug-likeness (QED) is 0.885. The highest BCUT2D eigenvalue weighted by atomic mass is 16.2. The maximum Gasteiger partial charge on any atom is 0.257 e. The Hall–Kier alpha value is -2.43. The van der Waals surface area contributed by atoms with Crippen molar-refractivity contribution < 1.29 is 4.79 Å². The summed E-state index contributed by atoms with van der Waals surface area (Å²) < 4.78 is 0. The number of amides is 1. The highest BCUT2D eigenvalue weighted by Gasteiger charge is 2.18. The van der Waals surface area contributed by atoms with E-state index in [0.717, 1.165) is 17.8 Å². The van der Waals surface area contributed by atoms with Gasteiger partial charge in [-0.3, -0.25) is 14.8 Å². The van der Waals surface area contributed by atoms with Crippen molar-refractivity contribution in [2.45, 2.75) is 20.4 Å². The molecular formula is C16H20N4O. The summed E-state index contributed by atoms with van der Waals surface area (Å²) >= 11 is 0. The molecule has 2 rings (SSSR count). The van der Waals surface area contributed by atoms with Crippen molar-refractivity contribution in [2.75, 3.05) is 18.4 Å². The van der Waals surface area contributed by atoms with E-state index in [-0.39, 0.29) is 5.91 Å². The van der Waals surface area contributed by atoms with Gasteiger partial charge in [-0.25, -0.2) is 0 Å². The largest absolute Gasteiger partial charge is 0.385 e. The third-order valence-corrected chi connectivity index (χ3v) is 3.21. The standard InChI is InChI=1S/C16H20N4O/c1-3-19-15-7-10-18-11-14(15)16(21)20(4-2)12-13-5-8-17-9-6-13/h5-11H,3-4,12H2,1-2H3,(H,18,19). The summed E-state index contributed by atoms with van der Waals surface area (Å²) in [7, 11) is 0. The molecule has 0 unspecified atom stereocenters. The Balaban J connectivity index is 2.20. The van der Waals surface area contributed by atoms with Crippen molar-refractivity contribution in [3.05, 3.63) is 54.1 Å². The monoisotopic (exact) mass is 284 g/mol. The van der Waals surface area contributed by atoms with Gasteiger partial charge in [-0.15, -0.1) is 0 Å². The van der Waals surface area contributed by atoms with Crippen LogP contribution in [0, 0.1) is 0 Å². The van der Waals surface area contributed by atoms with Gasteiger partial charge in [0, 0.05) is 44.4 Å². The van der Waals surface area contributed by atoms with Gasteiger partial charge >= 0.3 is 0 Å². The number of hydrogen-bond acceptors (Lipinski definition) is 4. The zero-order valence-electron chi connectivity index (χ0n) is 12.4. The number of nitrogens with zero attached hydrogens (tertiary/aromatic N) is 3. The molecule has 0 bridgehead atoms. The number of aromatic nitrogens is 2. The first-order valence-corrected chi connectivity index (χ1v) is 7.12. The Morgan fingerprint density at radius 1 is 1.14 bits per heavy atom. The molecule has 0 atom stereocenters. The molecule has 1 N–H and O–H groups in total. The number of pyridine rings is 2. The number of anilines is 1. The molecule has 2 aromatic rings. The first kappa shape index (κ1) is 15.0.